The van der Waals surface area contributed by atoms with Gasteiger partial charge in [0.05, 0.1) is 24.6 Å². The van der Waals surface area contributed by atoms with Crippen molar-refractivity contribution < 1.29 is 19.1 Å². The van der Waals surface area contributed by atoms with E-state index >= 15 is 0 Å². The summed E-state index contributed by atoms with van der Waals surface area (Å²) in [5.41, 5.74) is 6.69. The molecule has 0 aromatic heterocycles. The molecule has 0 radical (unpaired) electrons. The van der Waals surface area contributed by atoms with Crippen LogP contribution in [-0.4, -0.2) is 36.3 Å². The third-order valence-corrected chi connectivity index (χ3v) is 4.75. The van der Waals surface area contributed by atoms with Crippen molar-refractivity contribution in [3.05, 3.63) is 18.2 Å². The van der Waals surface area contributed by atoms with Gasteiger partial charge in [-0.05, 0) is 31.0 Å². The molecule has 8 heteroatoms. The Labute approximate surface area is 152 Å². The van der Waals surface area contributed by atoms with Crippen molar-refractivity contribution in [2.75, 3.05) is 24.7 Å². The maximum atomic E-state index is 12.4. The van der Waals surface area contributed by atoms with Crippen molar-refractivity contribution in [2.24, 2.45) is 11.8 Å². The van der Waals surface area contributed by atoms with Gasteiger partial charge in [0, 0.05) is 5.69 Å². The number of benzene rings is 1. The molecule has 1 aliphatic heterocycles. The van der Waals surface area contributed by atoms with Gasteiger partial charge >= 0.3 is 0 Å². The maximum Gasteiger partial charge on any atom is 0.244 e. The van der Waals surface area contributed by atoms with Crippen LogP contribution in [0.2, 0.25) is 0 Å². The highest BCUT2D eigenvalue weighted by Crippen LogP contribution is 2.37. The largest absolute Gasteiger partial charge is 0.495 e. The highest BCUT2D eigenvalue weighted by atomic mass is 35.5. The van der Waals surface area contributed by atoms with Crippen LogP contribution in [0.15, 0.2) is 18.2 Å². The Balaban J connectivity index is 0.00000225. The quantitative estimate of drug-likeness (QED) is 0.624. The number of carbonyl (C=O) groups is 3. The molecule has 1 aliphatic carbocycles. The number of nitrogen functional groups attached to an aromatic ring is 1. The number of amides is 3. The van der Waals surface area contributed by atoms with Crippen molar-refractivity contribution >= 4 is 41.5 Å². The highest BCUT2D eigenvalue weighted by Gasteiger charge is 2.48. The molecule has 7 nitrogen and oxygen atoms in total. The van der Waals surface area contributed by atoms with Gasteiger partial charge in [-0.1, -0.05) is 12.8 Å². The number of hydrogen-bond acceptors (Lipinski definition) is 5. The van der Waals surface area contributed by atoms with Crippen LogP contribution in [0, 0.1) is 11.8 Å². The van der Waals surface area contributed by atoms with E-state index in [0.717, 1.165) is 30.6 Å². The predicted octanol–water partition coefficient (Wildman–Crippen LogP) is 1.81. The Morgan fingerprint density at radius 3 is 2.36 bits per heavy atom. The molecule has 1 saturated heterocycles. The van der Waals surface area contributed by atoms with E-state index in [1.807, 2.05) is 0 Å². The number of ether oxygens (including phenoxy) is 1. The second-order valence-corrected chi connectivity index (χ2v) is 6.26. The normalized spacial score (nSPS) is 22.2. The Hall–Kier alpha value is -2.28. The summed E-state index contributed by atoms with van der Waals surface area (Å²) in [7, 11) is 1.51. The van der Waals surface area contributed by atoms with Crippen LogP contribution in [0.3, 0.4) is 0 Å². The number of halogens is 1. The lowest BCUT2D eigenvalue weighted by Gasteiger charge is -2.19. The van der Waals surface area contributed by atoms with E-state index in [-0.39, 0.29) is 42.6 Å². The monoisotopic (exact) mass is 367 g/mol. The molecule has 3 N–H and O–H groups in total. The number of anilines is 2. The number of likely N-dealkylation sites (tertiary alicyclic amines) is 1. The van der Waals surface area contributed by atoms with Crippen molar-refractivity contribution in [2.45, 2.75) is 25.7 Å². The first-order valence-corrected chi connectivity index (χ1v) is 8.10. The van der Waals surface area contributed by atoms with Gasteiger partial charge in [0.2, 0.25) is 17.7 Å². The molecule has 2 aliphatic rings. The lowest BCUT2D eigenvalue weighted by molar-refractivity contribution is -0.142. The zero-order valence-electron chi connectivity index (χ0n) is 14.0. The smallest absolute Gasteiger partial charge is 0.244 e. The molecule has 25 heavy (non-hydrogen) atoms. The number of hydrogen-bond donors (Lipinski definition) is 2. The molecule has 3 rings (SSSR count). The summed E-state index contributed by atoms with van der Waals surface area (Å²) in [5.74, 6) is -0.809. The molecule has 1 saturated carbocycles. The average molecular weight is 368 g/mol. The first kappa shape index (κ1) is 19.1. The highest BCUT2D eigenvalue weighted by molar-refractivity contribution is 6.08. The van der Waals surface area contributed by atoms with Gasteiger partial charge in [-0.25, -0.2) is 0 Å². The number of methoxy groups -OCH3 is 1. The number of nitrogens with one attached hydrogen (secondary N) is 1. The van der Waals surface area contributed by atoms with Gasteiger partial charge in [0.15, 0.2) is 0 Å². The molecule has 0 bridgehead atoms. The van der Waals surface area contributed by atoms with Crippen molar-refractivity contribution in [1.29, 1.82) is 0 Å². The standard InChI is InChI=1S/C17H21N3O4.ClH/c1-24-14-7-6-10(8-13(14)18)19-15(21)9-20-16(22)11-4-2-3-5-12(11)17(20)23;/h6-8,11-12H,2-5,9,18H2,1H3,(H,19,21);1H. The minimum absolute atomic E-state index is 0. The lowest BCUT2D eigenvalue weighted by atomic mass is 9.81. The van der Waals surface area contributed by atoms with Crippen molar-refractivity contribution in [1.82, 2.24) is 4.90 Å². The molecule has 1 heterocycles. The minimum atomic E-state index is -0.417. The van der Waals surface area contributed by atoms with E-state index in [2.05, 4.69) is 5.32 Å². The first-order valence-electron chi connectivity index (χ1n) is 8.10. The van der Waals surface area contributed by atoms with Crippen LogP contribution in [0.25, 0.3) is 0 Å². The summed E-state index contributed by atoms with van der Waals surface area (Å²) in [4.78, 5) is 38.0. The van der Waals surface area contributed by atoms with E-state index < -0.39 is 5.91 Å². The molecule has 2 unspecified atom stereocenters. The molecule has 1 aromatic carbocycles. The van der Waals surface area contributed by atoms with E-state index in [1.54, 1.807) is 18.2 Å². The molecular formula is C17H22ClN3O4. The minimum Gasteiger partial charge on any atom is -0.495 e. The van der Waals surface area contributed by atoms with Crippen LogP contribution >= 0.6 is 12.4 Å². The third kappa shape index (κ3) is 3.71. The number of rotatable bonds is 4. The summed E-state index contributed by atoms with van der Waals surface area (Å²) in [6.45, 7) is -0.253. The number of imide groups is 1. The maximum absolute atomic E-state index is 12.4. The SMILES string of the molecule is COc1ccc(NC(=O)CN2C(=O)C3CCCCC3C2=O)cc1N.Cl. The van der Waals surface area contributed by atoms with Crippen LogP contribution < -0.4 is 15.8 Å². The Bertz CT molecular complexity index is 670. The van der Waals surface area contributed by atoms with Crippen molar-refractivity contribution in [3.63, 3.8) is 0 Å². The number of carbonyl (C=O) groups excluding carboxylic acids is 3. The topological polar surface area (TPSA) is 102 Å². The molecular weight excluding hydrogens is 346 g/mol. The van der Waals surface area contributed by atoms with Crippen LogP contribution in [0.5, 0.6) is 5.75 Å². The summed E-state index contributed by atoms with van der Waals surface area (Å²) in [6, 6.07) is 4.87. The molecule has 2 fully saturated rings. The summed E-state index contributed by atoms with van der Waals surface area (Å²) in [6.07, 6.45) is 3.40. The summed E-state index contributed by atoms with van der Waals surface area (Å²) in [5, 5.41) is 2.66. The number of nitrogens with zero attached hydrogens (tertiary/aromatic N) is 1. The van der Waals surface area contributed by atoms with Crippen molar-refractivity contribution in [3.8, 4) is 5.75 Å². The molecule has 1 aromatic rings. The number of nitrogens with two attached hydrogens (primary N) is 1. The van der Waals surface area contributed by atoms with E-state index in [0.29, 0.717) is 17.1 Å². The van der Waals surface area contributed by atoms with E-state index in [9.17, 15) is 14.4 Å². The van der Waals surface area contributed by atoms with E-state index in [4.69, 9.17) is 10.5 Å². The fourth-order valence-electron chi connectivity index (χ4n) is 3.54. The average Bonchev–Trinajstić information content (AvgIpc) is 2.80. The van der Waals surface area contributed by atoms with Gasteiger partial charge in [-0.2, -0.15) is 0 Å². The van der Waals surface area contributed by atoms with Gasteiger partial charge in [-0.15, -0.1) is 12.4 Å². The molecule has 3 amide bonds. The van der Waals surface area contributed by atoms with Gasteiger partial charge in [-0.3, -0.25) is 19.3 Å². The zero-order valence-corrected chi connectivity index (χ0v) is 14.8. The van der Waals surface area contributed by atoms with E-state index in [1.165, 1.54) is 7.11 Å². The van der Waals surface area contributed by atoms with Gasteiger partial charge in [0.25, 0.3) is 0 Å². The Kier molecular flexibility index (Phi) is 5.89. The summed E-state index contributed by atoms with van der Waals surface area (Å²) < 4.78 is 5.06. The Morgan fingerprint density at radius 2 is 1.84 bits per heavy atom. The molecule has 0 spiro atoms. The van der Waals surface area contributed by atoms with Gasteiger partial charge in [0.1, 0.15) is 12.3 Å². The molecule has 136 valence electrons. The zero-order chi connectivity index (χ0) is 17.3. The first-order chi connectivity index (χ1) is 11.5. The predicted molar refractivity (Wildman–Crippen MR) is 95.5 cm³/mol. The number of fused-ring (bicyclic) bond motifs is 1. The second-order valence-electron chi connectivity index (χ2n) is 6.26. The third-order valence-electron chi connectivity index (χ3n) is 4.75. The van der Waals surface area contributed by atoms with Crippen LogP contribution in [-0.2, 0) is 14.4 Å². The second kappa shape index (κ2) is 7.74. The summed E-state index contributed by atoms with van der Waals surface area (Å²) >= 11 is 0. The Morgan fingerprint density at radius 1 is 1.24 bits per heavy atom. The van der Waals surface area contributed by atoms with Gasteiger partial charge < -0.3 is 15.8 Å². The fraction of sp³-hybridized carbons (Fsp3) is 0.471. The lowest BCUT2D eigenvalue weighted by Crippen LogP contribution is -2.38. The molecule has 2 atom stereocenters. The van der Waals surface area contributed by atoms with Crippen LogP contribution in [0.4, 0.5) is 11.4 Å². The van der Waals surface area contributed by atoms with Crippen LogP contribution in [0.1, 0.15) is 25.7 Å². The fourth-order valence-corrected chi connectivity index (χ4v) is 3.54.